The highest BCUT2D eigenvalue weighted by Gasteiger charge is 2.04. The van der Waals surface area contributed by atoms with Crippen molar-refractivity contribution in [2.24, 2.45) is 27.3 Å². The number of benzene rings is 4. The van der Waals surface area contributed by atoms with Crippen molar-refractivity contribution in [3.05, 3.63) is 131 Å². The summed E-state index contributed by atoms with van der Waals surface area (Å²) < 4.78 is 0. The molecule has 0 bridgehead atoms. The summed E-state index contributed by atoms with van der Waals surface area (Å²) in [6.45, 7) is 1.33. The van der Waals surface area contributed by atoms with E-state index in [0.29, 0.717) is 30.4 Å². The number of nitrogen functional groups attached to an aromatic ring is 2. The molecule has 0 atom stereocenters. The Bertz CT molecular complexity index is 1290. The zero-order valence-electron chi connectivity index (χ0n) is 20.9. The Labute approximate surface area is 218 Å². The number of para-hydroxylation sites is 2. The molecule has 0 saturated heterocycles. The van der Waals surface area contributed by atoms with Gasteiger partial charge in [0.2, 0.25) is 0 Å². The molecule has 0 fully saturated rings. The molecule has 4 rings (SSSR count). The van der Waals surface area contributed by atoms with Gasteiger partial charge in [-0.15, -0.1) is 0 Å². The van der Waals surface area contributed by atoms with Gasteiger partial charge < -0.3 is 22.6 Å². The SMILES string of the molecule is NC(=NCCc1ccccc1)c1ccccc1N.NNc1ccccc1C(N)=NCCc1ccccc1. The number of hydrazine groups is 1. The average molecular weight is 494 g/mol. The third kappa shape index (κ3) is 8.83. The Kier molecular flexibility index (Phi) is 10.7. The van der Waals surface area contributed by atoms with E-state index in [2.05, 4.69) is 39.7 Å². The summed E-state index contributed by atoms with van der Waals surface area (Å²) in [5, 5.41) is 0. The standard InChI is InChI=1S/C15H18N4.C15H17N3/c16-15(13-8-4-5-9-14(13)19-17)18-11-10-12-6-2-1-3-7-12;16-14-9-5-4-8-13(14)15(17)18-11-10-12-6-2-1-3-7-12/h1-9,19H,10-11,17H2,(H2,16,18);1-9H,10-11,16H2,(H2,17,18). The molecule has 190 valence electrons. The van der Waals surface area contributed by atoms with Crippen LogP contribution in [0.4, 0.5) is 11.4 Å². The number of aliphatic imine (C=N–C) groups is 2. The lowest BCUT2D eigenvalue weighted by atomic mass is 10.1. The molecule has 0 aliphatic rings. The number of rotatable bonds is 9. The van der Waals surface area contributed by atoms with Gasteiger partial charge in [-0.1, -0.05) is 84.9 Å². The maximum atomic E-state index is 5.99. The van der Waals surface area contributed by atoms with Crippen LogP contribution in [-0.4, -0.2) is 24.8 Å². The predicted octanol–water partition coefficient (Wildman–Crippen LogP) is 4.14. The minimum atomic E-state index is 0.504. The van der Waals surface area contributed by atoms with Gasteiger partial charge in [-0.2, -0.15) is 0 Å². The van der Waals surface area contributed by atoms with Crippen molar-refractivity contribution in [2.45, 2.75) is 12.8 Å². The van der Waals surface area contributed by atoms with Gasteiger partial charge in [-0.25, -0.2) is 0 Å². The second-order valence-electron chi connectivity index (χ2n) is 8.28. The molecule has 0 aromatic heterocycles. The van der Waals surface area contributed by atoms with E-state index in [4.69, 9.17) is 23.0 Å². The molecule has 4 aromatic rings. The largest absolute Gasteiger partial charge is 0.398 e. The van der Waals surface area contributed by atoms with Crippen molar-refractivity contribution in [1.29, 1.82) is 0 Å². The van der Waals surface area contributed by atoms with E-state index in [1.165, 1.54) is 11.1 Å². The average Bonchev–Trinajstić information content (AvgIpc) is 2.94. The fourth-order valence-corrected chi connectivity index (χ4v) is 3.63. The molecule has 0 spiro atoms. The van der Waals surface area contributed by atoms with Crippen molar-refractivity contribution in [2.75, 3.05) is 24.2 Å². The Morgan fingerprint density at radius 1 is 0.568 bits per heavy atom. The third-order valence-electron chi connectivity index (χ3n) is 5.65. The first-order chi connectivity index (χ1) is 18.1. The van der Waals surface area contributed by atoms with Gasteiger partial charge in [0.1, 0.15) is 11.7 Å². The molecule has 0 saturated carbocycles. The summed E-state index contributed by atoms with van der Waals surface area (Å²) in [5.41, 5.74) is 26.0. The number of amidine groups is 2. The van der Waals surface area contributed by atoms with Crippen molar-refractivity contribution in [3.63, 3.8) is 0 Å². The molecule has 7 heteroatoms. The molecule has 0 heterocycles. The molecular weight excluding hydrogens is 458 g/mol. The summed E-state index contributed by atoms with van der Waals surface area (Å²) >= 11 is 0. The molecule has 7 nitrogen and oxygen atoms in total. The van der Waals surface area contributed by atoms with Gasteiger partial charge in [-0.05, 0) is 48.2 Å². The van der Waals surface area contributed by atoms with Crippen molar-refractivity contribution in [1.82, 2.24) is 0 Å². The molecule has 0 aliphatic heterocycles. The fourth-order valence-electron chi connectivity index (χ4n) is 3.63. The number of hydrogen-bond donors (Lipinski definition) is 5. The first kappa shape index (κ1) is 27.0. The summed E-state index contributed by atoms with van der Waals surface area (Å²) in [5.74, 6) is 6.46. The van der Waals surface area contributed by atoms with Crippen molar-refractivity contribution >= 4 is 23.0 Å². The predicted molar refractivity (Wildman–Crippen MR) is 157 cm³/mol. The lowest BCUT2D eigenvalue weighted by Crippen LogP contribution is -2.19. The molecule has 0 amide bonds. The second kappa shape index (κ2) is 14.7. The highest BCUT2D eigenvalue weighted by molar-refractivity contribution is 6.02. The summed E-state index contributed by atoms with van der Waals surface area (Å²) in [6, 6.07) is 35.5. The van der Waals surface area contributed by atoms with E-state index in [0.717, 1.165) is 29.7 Å². The smallest absolute Gasteiger partial charge is 0.127 e. The topological polar surface area (TPSA) is 141 Å². The number of anilines is 2. The van der Waals surface area contributed by atoms with Crippen molar-refractivity contribution in [3.8, 4) is 0 Å². The lowest BCUT2D eigenvalue weighted by Gasteiger charge is -2.08. The summed E-state index contributed by atoms with van der Waals surface area (Å²) in [4.78, 5) is 8.76. The number of nitrogens with two attached hydrogens (primary N) is 4. The zero-order chi connectivity index (χ0) is 26.3. The quantitative estimate of drug-likeness (QED) is 0.0783. The minimum Gasteiger partial charge on any atom is -0.398 e. The summed E-state index contributed by atoms with van der Waals surface area (Å²) in [6.07, 6.45) is 1.76. The van der Waals surface area contributed by atoms with Crippen LogP contribution in [0, 0.1) is 0 Å². The third-order valence-corrected chi connectivity index (χ3v) is 5.65. The van der Waals surface area contributed by atoms with Crippen LogP contribution in [0.5, 0.6) is 0 Å². The molecule has 0 radical (unpaired) electrons. The first-order valence-electron chi connectivity index (χ1n) is 12.2. The highest BCUT2D eigenvalue weighted by Crippen LogP contribution is 2.13. The van der Waals surface area contributed by atoms with Gasteiger partial charge in [0, 0.05) is 29.9 Å². The second-order valence-corrected chi connectivity index (χ2v) is 8.28. The summed E-state index contributed by atoms with van der Waals surface area (Å²) in [7, 11) is 0. The van der Waals surface area contributed by atoms with Gasteiger partial charge in [0.25, 0.3) is 0 Å². The Morgan fingerprint density at radius 3 is 1.51 bits per heavy atom. The van der Waals surface area contributed by atoms with Gasteiger partial charge in [0.05, 0.1) is 5.69 Å². The molecule has 0 unspecified atom stereocenters. The Hall–Kier alpha value is -4.62. The maximum absolute atomic E-state index is 5.99. The number of nitrogens with zero attached hydrogens (tertiary/aromatic N) is 2. The Morgan fingerprint density at radius 2 is 1.00 bits per heavy atom. The maximum Gasteiger partial charge on any atom is 0.127 e. The van der Waals surface area contributed by atoms with E-state index in [1.54, 1.807) is 0 Å². The van der Waals surface area contributed by atoms with E-state index in [-0.39, 0.29) is 0 Å². The Balaban J connectivity index is 0.000000206. The van der Waals surface area contributed by atoms with E-state index >= 15 is 0 Å². The molecular formula is C30H35N7. The lowest BCUT2D eigenvalue weighted by molar-refractivity contribution is 0.966. The number of nitrogens with one attached hydrogen (secondary N) is 1. The molecule has 4 aromatic carbocycles. The minimum absolute atomic E-state index is 0.504. The van der Waals surface area contributed by atoms with Crippen LogP contribution >= 0.6 is 0 Å². The van der Waals surface area contributed by atoms with Crippen LogP contribution in [0.3, 0.4) is 0 Å². The number of hydrogen-bond acceptors (Lipinski definition) is 5. The van der Waals surface area contributed by atoms with E-state index < -0.39 is 0 Å². The van der Waals surface area contributed by atoms with Crippen LogP contribution in [0.1, 0.15) is 22.3 Å². The zero-order valence-corrected chi connectivity index (χ0v) is 20.9. The van der Waals surface area contributed by atoms with Gasteiger partial charge in [0.15, 0.2) is 0 Å². The van der Waals surface area contributed by atoms with E-state index in [9.17, 15) is 0 Å². The van der Waals surface area contributed by atoms with E-state index in [1.807, 2.05) is 84.9 Å². The van der Waals surface area contributed by atoms with Crippen LogP contribution in [0.25, 0.3) is 0 Å². The highest BCUT2D eigenvalue weighted by atomic mass is 15.2. The van der Waals surface area contributed by atoms with Crippen LogP contribution in [0.15, 0.2) is 119 Å². The first-order valence-corrected chi connectivity index (χ1v) is 12.2. The molecule has 0 aliphatic carbocycles. The normalized spacial score (nSPS) is 11.4. The van der Waals surface area contributed by atoms with Gasteiger partial charge >= 0.3 is 0 Å². The van der Waals surface area contributed by atoms with Crippen LogP contribution in [0.2, 0.25) is 0 Å². The molecule has 37 heavy (non-hydrogen) atoms. The fraction of sp³-hybridized carbons (Fsp3) is 0.133. The van der Waals surface area contributed by atoms with Crippen molar-refractivity contribution < 1.29 is 0 Å². The van der Waals surface area contributed by atoms with Crippen LogP contribution in [-0.2, 0) is 12.8 Å². The molecule has 9 N–H and O–H groups in total. The van der Waals surface area contributed by atoms with Crippen LogP contribution < -0.4 is 28.5 Å². The monoisotopic (exact) mass is 493 g/mol. The van der Waals surface area contributed by atoms with Gasteiger partial charge in [-0.3, -0.25) is 15.8 Å².